The van der Waals surface area contributed by atoms with Gasteiger partial charge in [-0.1, -0.05) is 6.92 Å². The second-order valence-electron chi connectivity index (χ2n) is 10.3. The highest BCUT2D eigenvalue weighted by molar-refractivity contribution is 5.88. The van der Waals surface area contributed by atoms with Gasteiger partial charge in [0.15, 0.2) is 0 Å². The number of carbonyl (C=O) groups excluding carboxylic acids is 2. The predicted octanol–water partition coefficient (Wildman–Crippen LogP) is 3.46. The van der Waals surface area contributed by atoms with Crippen molar-refractivity contribution < 1.29 is 14.3 Å². The molecule has 31 heavy (non-hydrogen) atoms. The van der Waals surface area contributed by atoms with Gasteiger partial charge >= 0.3 is 0 Å². The van der Waals surface area contributed by atoms with Crippen molar-refractivity contribution in [2.45, 2.75) is 58.4 Å². The van der Waals surface area contributed by atoms with E-state index in [0.29, 0.717) is 26.2 Å². The van der Waals surface area contributed by atoms with Gasteiger partial charge in [0.1, 0.15) is 0 Å². The van der Waals surface area contributed by atoms with Crippen LogP contribution in [0.4, 0.5) is 0 Å². The number of amides is 2. The Bertz CT molecular complexity index is 751. The number of methoxy groups -OCH3 is 1. The maximum Gasteiger partial charge on any atom is 0.242 e. The topological polar surface area (TPSA) is 54.8 Å². The van der Waals surface area contributed by atoms with E-state index in [-0.39, 0.29) is 23.8 Å². The van der Waals surface area contributed by atoms with Crippen molar-refractivity contribution in [3.8, 4) is 0 Å². The van der Waals surface area contributed by atoms with E-state index in [2.05, 4.69) is 6.92 Å². The minimum atomic E-state index is -0.195. The second-order valence-corrected chi connectivity index (χ2v) is 10.3. The molecule has 0 saturated heterocycles. The van der Waals surface area contributed by atoms with Gasteiger partial charge in [0.05, 0.1) is 25.1 Å². The van der Waals surface area contributed by atoms with E-state index in [1.165, 1.54) is 19.3 Å². The Morgan fingerprint density at radius 2 is 1.74 bits per heavy atom. The van der Waals surface area contributed by atoms with Crippen LogP contribution in [0.25, 0.3) is 0 Å². The third kappa shape index (κ3) is 4.69. The molecule has 0 spiro atoms. The zero-order chi connectivity index (χ0) is 22.0. The molecule has 0 N–H and O–H groups in total. The summed E-state index contributed by atoms with van der Waals surface area (Å²) in [7, 11) is 3.65. The van der Waals surface area contributed by atoms with Crippen molar-refractivity contribution >= 4 is 11.8 Å². The van der Waals surface area contributed by atoms with E-state index in [9.17, 15) is 9.59 Å². The molecule has 4 bridgehead atoms. The molecule has 172 valence electrons. The molecule has 4 aliphatic carbocycles. The molecule has 2 amide bonds. The van der Waals surface area contributed by atoms with Crippen LogP contribution in [0.1, 0.15) is 57.6 Å². The number of hydrogen-bond donors (Lipinski definition) is 0. The van der Waals surface area contributed by atoms with Gasteiger partial charge < -0.3 is 19.1 Å². The lowest BCUT2D eigenvalue weighted by Gasteiger charge is -2.56. The standard InChI is InChI=1S/C25H39N3O3/c1-4-7-28(24(30)25-14-19-11-20(15-25)13-21(12-19)16-25)18-23(29)27(9-10-31-3)17-22-6-5-8-26(22)2/h5-6,8,19-21H,4,7,9-18H2,1-3H3. The molecule has 0 aromatic carbocycles. The van der Waals surface area contributed by atoms with E-state index in [1.54, 1.807) is 7.11 Å². The third-order valence-corrected chi connectivity index (χ3v) is 7.92. The fourth-order valence-electron chi connectivity index (χ4n) is 6.84. The summed E-state index contributed by atoms with van der Waals surface area (Å²) in [4.78, 5) is 31.0. The first kappa shape index (κ1) is 22.4. The molecule has 0 unspecified atom stereocenters. The maximum atomic E-state index is 13.9. The lowest BCUT2D eigenvalue weighted by molar-refractivity contribution is -0.160. The number of aromatic nitrogens is 1. The Morgan fingerprint density at radius 3 is 2.26 bits per heavy atom. The van der Waals surface area contributed by atoms with E-state index in [0.717, 1.165) is 49.1 Å². The van der Waals surface area contributed by atoms with Gasteiger partial charge in [-0.15, -0.1) is 0 Å². The molecule has 1 heterocycles. The van der Waals surface area contributed by atoms with Gasteiger partial charge in [0, 0.05) is 39.1 Å². The Balaban J connectivity index is 1.47. The number of carbonyl (C=O) groups is 2. The van der Waals surface area contributed by atoms with Crippen LogP contribution in [0.2, 0.25) is 0 Å². The smallest absolute Gasteiger partial charge is 0.242 e. The molecule has 4 saturated carbocycles. The summed E-state index contributed by atoms with van der Waals surface area (Å²) in [5.41, 5.74) is 0.888. The Labute approximate surface area is 186 Å². The van der Waals surface area contributed by atoms with Crippen molar-refractivity contribution in [2.24, 2.45) is 30.2 Å². The summed E-state index contributed by atoms with van der Waals surface area (Å²) >= 11 is 0. The Hall–Kier alpha value is -1.82. The molecule has 6 heteroatoms. The van der Waals surface area contributed by atoms with Crippen molar-refractivity contribution in [2.75, 3.05) is 33.4 Å². The van der Waals surface area contributed by atoms with Crippen molar-refractivity contribution in [3.05, 3.63) is 24.0 Å². The summed E-state index contributed by atoms with van der Waals surface area (Å²) in [5.74, 6) is 2.46. The molecular weight excluding hydrogens is 390 g/mol. The first-order valence-electron chi connectivity index (χ1n) is 12.1. The van der Waals surface area contributed by atoms with Crippen LogP contribution in [-0.2, 0) is 27.9 Å². The second kappa shape index (κ2) is 9.35. The van der Waals surface area contributed by atoms with Gasteiger partial charge in [-0.25, -0.2) is 0 Å². The maximum absolute atomic E-state index is 13.9. The first-order valence-corrected chi connectivity index (χ1v) is 12.1. The summed E-state index contributed by atoms with van der Waals surface area (Å²) in [5, 5.41) is 0. The number of hydrogen-bond acceptors (Lipinski definition) is 3. The molecule has 5 rings (SSSR count). The summed E-state index contributed by atoms with van der Waals surface area (Å²) in [6.45, 7) is 4.50. The quantitative estimate of drug-likeness (QED) is 0.572. The molecule has 0 aliphatic heterocycles. The van der Waals surface area contributed by atoms with Crippen LogP contribution < -0.4 is 0 Å². The average molecular weight is 430 g/mol. The minimum absolute atomic E-state index is 0.0183. The molecule has 0 atom stereocenters. The SMILES string of the molecule is CCCN(CC(=O)N(CCOC)Cc1cccn1C)C(=O)C12CC3CC(CC(C3)C1)C2. The highest BCUT2D eigenvalue weighted by Crippen LogP contribution is 2.60. The first-order chi connectivity index (χ1) is 14.9. The van der Waals surface area contributed by atoms with Gasteiger partial charge in [0.2, 0.25) is 11.8 Å². The van der Waals surface area contributed by atoms with Crippen LogP contribution in [-0.4, -0.2) is 59.5 Å². The normalized spacial score (nSPS) is 28.7. The van der Waals surface area contributed by atoms with Crippen LogP contribution in [0.5, 0.6) is 0 Å². The van der Waals surface area contributed by atoms with Crippen LogP contribution in [0.3, 0.4) is 0 Å². The van der Waals surface area contributed by atoms with Gasteiger partial charge in [-0.05, 0) is 74.8 Å². The van der Waals surface area contributed by atoms with E-state index >= 15 is 0 Å². The molecule has 4 fully saturated rings. The van der Waals surface area contributed by atoms with Crippen molar-refractivity contribution in [1.82, 2.24) is 14.4 Å². The molecule has 0 radical (unpaired) electrons. The molecule has 6 nitrogen and oxygen atoms in total. The molecule has 1 aromatic rings. The minimum Gasteiger partial charge on any atom is -0.383 e. The molecular formula is C25H39N3O3. The zero-order valence-corrected chi connectivity index (χ0v) is 19.5. The number of aryl methyl sites for hydroxylation is 1. The van der Waals surface area contributed by atoms with E-state index in [4.69, 9.17) is 4.74 Å². The number of rotatable bonds is 10. The van der Waals surface area contributed by atoms with Gasteiger partial charge in [0.25, 0.3) is 0 Å². The predicted molar refractivity (Wildman–Crippen MR) is 120 cm³/mol. The molecule has 4 aliphatic rings. The number of nitrogens with zero attached hydrogens (tertiary/aromatic N) is 3. The Kier molecular flexibility index (Phi) is 6.75. The van der Waals surface area contributed by atoms with Crippen LogP contribution in [0.15, 0.2) is 18.3 Å². The Morgan fingerprint density at radius 1 is 1.10 bits per heavy atom. The average Bonchev–Trinajstić information content (AvgIpc) is 3.13. The van der Waals surface area contributed by atoms with E-state index in [1.807, 2.05) is 39.7 Å². The van der Waals surface area contributed by atoms with E-state index < -0.39 is 0 Å². The zero-order valence-electron chi connectivity index (χ0n) is 19.5. The summed E-state index contributed by atoms with van der Waals surface area (Å²) in [6.07, 6.45) is 9.96. The summed E-state index contributed by atoms with van der Waals surface area (Å²) in [6, 6.07) is 4.03. The lowest BCUT2D eigenvalue weighted by atomic mass is 9.49. The summed E-state index contributed by atoms with van der Waals surface area (Å²) < 4.78 is 7.29. The third-order valence-electron chi connectivity index (χ3n) is 7.92. The fraction of sp³-hybridized carbons (Fsp3) is 0.760. The van der Waals surface area contributed by atoms with Gasteiger partial charge in [-0.2, -0.15) is 0 Å². The van der Waals surface area contributed by atoms with Crippen LogP contribution >= 0.6 is 0 Å². The monoisotopic (exact) mass is 429 g/mol. The van der Waals surface area contributed by atoms with Gasteiger partial charge in [-0.3, -0.25) is 9.59 Å². The van der Waals surface area contributed by atoms with Crippen molar-refractivity contribution in [3.63, 3.8) is 0 Å². The highest BCUT2D eigenvalue weighted by atomic mass is 16.5. The lowest BCUT2D eigenvalue weighted by Crippen LogP contribution is -2.56. The van der Waals surface area contributed by atoms with Crippen LogP contribution in [0, 0.1) is 23.2 Å². The number of ether oxygens (including phenoxy) is 1. The highest BCUT2D eigenvalue weighted by Gasteiger charge is 2.55. The molecule has 1 aromatic heterocycles. The van der Waals surface area contributed by atoms with Crippen molar-refractivity contribution in [1.29, 1.82) is 0 Å². The largest absolute Gasteiger partial charge is 0.383 e. The fourth-order valence-corrected chi connectivity index (χ4v) is 6.84.